The highest BCUT2D eigenvalue weighted by atomic mass is 79.9. The molecule has 1 aromatic rings. The number of hydrogen-bond donors (Lipinski definition) is 1. The zero-order valence-electron chi connectivity index (χ0n) is 10.0. The highest BCUT2D eigenvalue weighted by molar-refractivity contribution is 9.10. The van der Waals surface area contributed by atoms with Crippen LogP contribution < -0.4 is 5.32 Å². The molecule has 1 fully saturated rings. The number of amides is 1. The summed E-state index contributed by atoms with van der Waals surface area (Å²) in [5.41, 5.74) is 0.0565. The molecular weight excluding hydrogens is 393 g/mol. The Bertz CT molecular complexity index is 644. The van der Waals surface area contributed by atoms with E-state index in [-0.39, 0.29) is 26.0 Å². The van der Waals surface area contributed by atoms with Gasteiger partial charge < -0.3 is 10.1 Å². The van der Waals surface area contributed by atoms with Crippen molar-refractivity contribution < 1.29 is 17.9 Å². The second-order valence-corrected chi connectivity index (χ2v) is 8.03. The van der Waals surface area contributed by atoms with E-state index in [4.69, 9.17) is 27.0 Å². The van der Waals surface area contributed by atoms with Gasteiger partial charge in [-0.05, 0) is 34.5 Å². The van der Waals surface area contributed by atoms with Crippen LogP contribution in [0.2, 0.25) is 5.02 Å². The molecule has 1 atom stereocenters. The predicted octanol–water partition coefficient (Wildman–Crippen LogP) is 2.55. The molecule has 1 aromatic carbocycles. The third kappa shape index (κ3) is 3.65. The molecule has 1 N–H and O–H groups in total. The van der Waals surface area contributed by atoms with Gasteiger partial charge in [-0.3, -0.25) is 4.79 Å². The van der Waals surface area contributed by atoms with Crippen LogP contribution >= 0.6 is 38.2 Å². The quantitative estimate of drug-likeness (QED) is 0.788. The van der Waals surface area contributed by atoms with Gasteiger partial charge in [0.15, 0.2) is 0 Å². The normalized spacial score (nSPS) is 19.1. The van der Waals surface area contributed by atoms with Gasteiger partial charge in [0.05, 0.1) is 28.1 Å². The van der Waals surface area contributed by atoms with E-state index in [9.17, 15) is 13.2 Å². The largest absolute Gasteiger partial charge is 0.379 e. The lowest BCUT2D eigenvalue weighted by Crippen LogP contribution is -2.35. The summed E-state index contributed by atoms with van der Waals surface area (Å²) in [4.78, 5) is 11.9. The summed E-state index contributed by atoms with van der Waals surface area (Å²) in [7, 11) is 1.34. The number of halogens is 3. The molecule has 1 saturated heterocycles. The van der Waals surface area contributed by atoms with Crippen LogP contribution in [-0.4, -0.2) is 33.6 Å². The topological polar surface area (TPSA) is 72.5 Å². The Kier molecular flexibility index (Phi) is 4.96. The Morgan fingerprint density at radius 1 is 1.45 bits per heavy atom. The van der Waals surface area contributed by atoms with Gasteiger partial charge >= 0.3 is 0 Å². The second-order valence-electron chi connectivity index (χ2n) is 4.23. The molecule has 1 heterocycles. The van der Waals surface area contributed by atoms with Crippen LogP contribution in [0, 0.1) is 0 Å². The van der Waals surface area contributed by atoms with Crippen molar-refractivity contribution in [3.05, 3.63) is 27.2 Å². The Labute approximate surface area is 134 Å². The maximum absolute atomic E-state index is 12.1. The minimum absolute atomic E-state index is 0.0565. The van der Waals surface area contributed by atoms with Gasteiger partial charge in [-0.25, -0.2) is 8.42 Å². The average Bonchev–Trinajstić information content (AvgIpc) is 2.79. The van der Waals surface area contributed by atoms with Gasteiger partial charge in [-0.2, -0.15) is 0 Å². The number of carbonyl (C=O) groups excluding carboxylic acids is 1. The fraction of sp³-hybridized carbons (Fsp3) is 0.364. The molecule has 1 unspecified atom stereocenters. The van der Waals surface area contributed by atoms with E-state index in [1.54, 1.807) is 0 Å². The lowest BCUT2D eigenvalue weighted by Gasteiger charge is -2.12. The van der Waals surface area contributed by atoms with E-state index in [0.717, 1.165) is 6.07 Å². The summed E-state index contributed by atoms with van der Waals surface area (Å²) < 4.78 is 28.2. The van der Waals surface area contributed by atoms with Crippen LogP contribution in [0.15, 0.2) is 21.5 Å². The molecule has 2 rings (SSSR count). The van der Waals surface area contributed by atoms with Gasteiger partial charge in [0.2, 0.25) is 0 Å². The Morgan fingerprint density at radius 2 is 2.15 bits per heavy atom. The van der Waals surface area contributed by atoms with Crippen molar-refractivity contribution >= 4 is 53.2 Å². The molecule has 1 amide bonds. The van der Waals surface area contributed by atoms with Crippen LogP contribution in [0.4, 0.5) is 0 Å². The van der Waals surface area contributed by atoms with Crippen LogP contribution in [-0.2, 0) is 13.8 Å². The summed E-state index contributed by atoms with van der Waals surface area (Å²) in [6.45, 7) is 1.01. The predicted molar refractivity (Wildman–Crippen MR) is 78.9 cm³/mol. The molecule has 0 aliphatic carbocycles. The molecule has 1 aliphatic rings. The summed E-state index contributed by atoms with van der Waals surface area (Å²) in [5, 5.41) is 2.87. The van der Waals surface area contributed by atoms with Crippen molar-refractivity contribution in [1.29, 1.82) is 0 Å². The van der Waals surface area contributed by atoms with Gasteiger partial charge in [0, 0.05) is 21.8 Å². The van der Waals surface area contributed by atoms with E-state index in [1.807, 2.05) is 0 Å². The molecule has 0 bridgehead atoms. The smallest absolute Gasteiger partial charge is 0.262 e. The van der Waals surface area contributed by atoms with Gasteiger partial charge in [0.1, 0.15) is 0 Å². The fourth-order valence-corrected chi connectivity index (χ4v) is 4.38. The maximum atomic E-state index is 12.1. The Morgan fingerprint density at radius 3 is 2.70 bits per heavy atom. The van der Waals surface area contributed by atoms with Gasteiger partial charge in [0.25, 0.3) is 15.0 Å². The monoisotopic (exact) mass is 401 g/mol. The van der Waals surface area contributed by atoms with Crippen molar-refractivity contribution in [3.8, 4) is 0 Å². The highest BCUT2D eigenvalue weighted by Crippen LogP contribution is 2.31. The Balaban J connectivity index is 2.33. The van der Waals surface area contributed by atoms with Crippen molar-refractivity contribution in [2.75, 3.05) is 13.2 Å². The van der Waals surface area contributed by atoms with E-state index >= 15 is 0 Å². The van der Waals surface area contributed by atoms with Crippen molar-refractivity contribution in [2.24, 2.45) is 0 Å². The minimum atomic E-state index is -3.97. The summed E-state index contributed by atoms with van der Waals surface area (Å²) in [6, 6.07) is 2.38. The molecule has 110 valence electrons. The zero-order chi connectivity index (χ0) is 14.9. The summed E-state index contributed by atoms with van der Waals surface area (Å²) in [5.74, 6) is -0.459. The zero-order valence-corrected chi connectivity index (χ0v) is 13.9. The van der Waals surface area contributed by atoms with Crippen LogP contribution in [0.3, 0.4) is 0 Å². The number of benzene rings is 1. The number of nitrogens with one attached hydrogen (secondary N) is 1. The highest BCUT2D eigenvalue weighted by Gasteiger charge is 2.23. The fourth-order valence-electron chi connectivity index (χ4n) is 1.80. The average molecular weight is 403 g/mol. The summed E-state index contributed by atoms with van der Waals surface area (Å²) >= 11 is 9.03. The molecule has 9 heteroatoms. The van der Waals surface area contributed by atoms with E-state index < -0.39 is 15.0 Å². The van der Waals surface area contributed by atoms with Crippen LogP contribution in [0.1, 0.15) is 16.8 Å². The molecular formula is C11H10BrCl2NO4S. The summed E-state index contributed by atoms with van der Waals surface area (Å²) in [6.07, 6.45) is 0.709. The first kappa shape index (κ1) is 16.0. The number of hydrogen-bond acceptors (Lipinski definition) is 4. The number of ether oxygens (including phenoxy) is 1. The van der Waals surface area contributed by atoms with E-state index in [0.29, 0.717) is 19.6 Å². The minimum Gasteiger partial charge on any atom is -0.379 e. The maximum Gasteiger partial charge on any atom is 0.262 e. The van der Waals surface area contributed by atoms with Crippen molar-refractivity contribution in [2.45, 2.75) is 17.4 Å². The molecule has 0 aromatic heterocycles. The standard InChI is InChI=1S/C11H10BrCl2NO4S/c12-8-4-9(13)7(3-10(8)20(14,17)18)11(16)15-6-1-2-19-5-6/h3-4,6H,1-2,5H2,(H,15,16). The lowest BCUT2D eigenvalue weighted by atomic mass is 10.2. The number of carbonyl (C=O) groups is 1. The third-order valence-corrected chi connectivity index (χ3v) is 5.39. The molecule has 1 aliphatic heterocycles. The second kappa shape index (κ2) is 6.19. The van der Waals surface area contributed by atoms with Gasteiger partial charge in [-0.15, -0.1) is 0 Å². The van der Waals surface area contributed by atoms with Crippen molar-refractivity contribution in [1.82, 2.24) is 5.32 Å². The van der Waals surface area contributed by atoms with Crippen molar-refractivity contribution in [3.63, 3.8) is 0 Å². The number of rotatable bonds is 3. The first-order valence-corrected chi connectivity index (χ1v) is 9.09. The van der Waals surface area contributed by atoms with Crippen LogP contribution in [0.5, 0.6) is 0 Å². The molecule has 5 nitrogen and oxygen atoms in total. The van der Waals surface area contributed by atoms with E-state index in [1.165, 1.54) is 6.07 Å². The first-order valence-electron chi connectivity index (χ1n) is 5.61. The SMILES string of the molecule is O=C(NC1CCOC1)c1cc(S(=O)(=O)Cl)c(Br)cc1Cl. The van der Waals surface area contributed by atoms with Gasteiger partial charge in [-0.1, -0.05) is 11.6 Å². The van der Waals surface area contributed by atoms with E-state index in [2.05, 4.69) is 21.2 Å². The first-order chi connectivity index (χ1) is 9.29. The molecule has 0 saturated carbocycles. The molecule has 20 heavy (non-hydrogen) atoms. The Hall–Kier alpha value is -0.340. The molecule has 0 radical (unpaired) electrons. The van der Waals surface area contributed by atoms with Crippen LogP contribution in [0.25, 0.3) is 0 Å². The lowest BCUT2D eigenvalue weighted by molar-refractivity contribution is 0.0930. The molecule has 0 spiro atoms. The third-order valence-electron chi connectivity index (χ3n) is 2.79.